The standard InChI is InChI=1S/C20H20Cl3N7O/c1-2-3-4-17-24-15(11-31)19(23)29(17)10-12-5-7-13(8-6-12)30-16(22)9-14(21)18(30)20-25-27-28-26-20/h5-9,31H,2-4,10-11H2,1H3,(H,25,26,27,28). The highest BCUT2D eigenvalue weighted by Crippen LogP contribution is 2.34. The van der Waals surface area contributed by atoms with Gasteiger partial charge in [-0.05, 0) is 40.6 Å². The van der Waals surface area contributed by atoms with Crippen LogP contribution in [0.2, 0.25) is 15.3 Å². The number of unbranched alkanes of at least 4 members (excludes halogenated alkanes) is 1. The van der Waals surface area contributed by atoms with Gasteiger partial charge in [0.25, 0.3) is 0 Å². The first-order valence-corrected chi connectivity index (χ1v) is 10.9. The second-order valence-electron chi connectivity index (χ2n) is 7.03. The number of aliphatic hydroxyl groups is 1. The number of rotatable bonds is 8. The summed E-state index contributed by atoms with van der Waals surface area (Å²) < 4.78 is 3.72. The van der Waals surface area contributed by atoms with Gasteiger partial charge in [-0.2, -0.15) is 0 Å². The highest BCUT2D eigenvalue weighted by Gasteiger charge is 2.19. The lowest BCUT2D eigenvalue weighted by atomic mass is 10.2. The van der Waals surface area contributed by atoms with Crippen LogP contribution in [0.5, 0.6) is 0 Å². The molecule has 0 aliphatic rings. The van der Waals surface area contributed by atoms with Gasteiger partial charge >= 0.3 is 0 Å². The first-order valence-electron chi connectivity index (χ1n) is 9.78. The summed E-state index contributed by atoms with van der Waals surface area (Å²) in [7, 11) is 0. The zero-order valence-electron chi connectivity index (χ0n) is 16.7. The van der Waals surface area contributed by atoms with E-state index in [1.54, 1.807) is 10.6 Å². The van der Waals surface area contributed by atoms with E-state index in [0.717, 1.165) is 36.3 Å². The Morgan fingerprint density at radius 1 is 1.13 bits per heavy atom. The van der Waals surface area contributed by atoms with Gasteiger partial charge in [-0.3, -0.25) is 4.57 Å². The van der Waals surface area contributed by atoms with Crippen molar-refractivity contribution in [3.63, 3.8) is 0 Å². The van der Waals surface area contributed by atoms with Gasteiger partial charge in [-0.1, -0.05) is 60.3 Å². The largest absolute Gasteiger partial charge is 0.390 e. The molecule has 0 amide bonds. The summed E-state index contributed by atoms with van der Waals surface area (Å²) >= 11 is 19.2. The van der Waals surface area contributed by atoms with Crippen molar-refractivity contribution in [2.75, 3.05) is 0 Å². The number of aromatic amines is 1. The van der Waals surface area contributed by atoms with E-state index in [9.17, 15) is 5.11 Å². The van der Waals surface area contributed by atoms with Gasteiger partial charge in [0.05, 0.1) is 18.2 Å². The Bertz CT molecular complexity index is 1170. The van der Waals surface area contributed by atoms with Crippen LogP contribution >= 0.6 is 34.8 Å². The van der Waals surface area contributed by atoms with Crippen LogP contribution in [0.1, 0.15) is 36.8 Å². The number of benzene rings is 1. The molecule has 3 heterocycles. The van der Waals surface area contributed by atoms with Crippen LogP contribution in [0.25, 0.3) is 17.2 Å². The second-order valence-corrected chi connectivity index (χ2v) is 8.18. The van der Waals surface area contributed by atoms with E-state index in [1.165, 1.54) is 0 Å². The number of aromatic nitrogens is 7. The van der Waals surface area contributed by atoms with Crippen LogP contribution < -0.4 is 0 Å². The molecule has 0 spiro atoms. The summed E-state index contributed by atoms with van der Waals surface area (Å²) in [5, 5.41) is 24.8. The maximum absolute atomic E-state index is 9.54. The zero-order valence-corrected chi connectivity index (χ0v) is 19.0. The Hall–Kier alpha value is -2.39. The van der Waals surface area contributed by atoms with Gasteiger partial charge in [0.1, 0.15) is 27.5 Å². The maximum Gasteiger partial charge on any atom is 0.198 e. The minimum absolute atomic E-state index is 0.184. The Labute approximate surface area is 193 Å². The average molecular weight is 481 g/mol. The quantitative estimate of drug-likeness (QED) is 0.381. The number of halogens is 3. The topological polar surface area (TPSA) is 97.4 Å². The molecule has 0 aliphatic carbocycles. The van der Waals surface area contributed by atoms with Crippen LogP contribution in [-0.4, -0.2) is 39.8 Å². The maximum atomic E-state index is 9.54. The lowest BCUT2D eigenvalue weighted by Crippen LogP contribution is -2.06. The van der Waals surface area contributed by atoms with Crippen LogP contribution in [0, 0.1) is 0 Å². The van der Waals surface area contributed by atoms with Crippen LogP contribution in [0.3, 0.4) is 0 Å². The fourth-order valence-electron chi connectivity index (χ4n) is 3.43. The van der Waals surface area contributed by atoms with E-state index in [2.05, 4.69) is 32.5 Å². The number of H-pyrrole nitrogens is 1. The molecule has 0 aliphatic heterocycles. The molecule has 0 saturated carbocycles. The highest BCUT2D eigenvalue weighted by molar-refractivity contribution is 6.36. The highest BCUT2D eigenvalue weighted by atomic mass is 35.5. The molecule has 2 N–H and O–H groups in total. The summed E-state index contributed by atoms with van der Waals surface area (Å²) in [4.78, 5) is 4.50. The summed E-state index contributed by atoms with van der Waals surface area (Å²) in [5.74, 6) is 1.29. The third-order valence-corrected chi connectivity index (χ3v) is 5.96. The number of hydrogen-bond donors (Lipinski definition) is 2. The van der Waals surface area contributed by atoms with Crippen molar-refractivity contribution in [1.82, 2.24) is 34.7 Å². The lowest BCUT2D eigenvalue weighted by molar-refractivity contribution is 0.277. The van der Waals surface area contributed by atoms with E-state index in [1.807, 2.05) is 28.8 Å². The van der Waals surface area contributed by atoms with Crippen molar-refractivity contribution in [1.29, 1.82) is 0 Å². The molecule has 11 heteroatoms. The fraction of sp³-hybridized carbons (Fsp3) is 0.300. The van der Waals surface area contributed by atoms with Gasteiger partial charge in [-0.25, -0.2) is 10.1 Å². The zero-order chi connectivity index (χ0) is 22.0. The van der Waals surface area contributed by atoms with Gasteiger partial charge in [-0.15, -0.1) is 5.10 Å². The molecule has 3 aromatic heterocycles. The number of imidazole rings is 1. The molecule has 162 valence electrons. The molecular formula is C20H20Cl3N7O. The molecule has 4 aromatic rings. The fourth-order valence-corrected chi connectivity index (χ4v) is 4.32. The van der Waals surface area contributed by atoms with Crippen LogP contribution in [0.4, 0.5) is 0 Å². The number of aryl methyl sites for hydroxylation is 1. The van der Waals surface area contributed by atoms with E-state index in [4.69, 9.17) is 34.8 Å². The van der Waals surface area contributed by atoms with Crippen LogP contribution in [0.15, 0.2) is 30.3 Å². The number of hydrogen-bond acceptors (Lipinski definition) is 5. The van der Waals surface area contributed by atoms with E-state index in [-0.39, 0.29) is 6.61 Å². The number of nitrogens with one attached hydrogen (secondary N) is 1. The van der Waals surface area contributed by atoms with Gasteiger partial charge in [0.2, 0.25) is 0 Å². The molecule has 0 unspecified atom stereocenters. The number of tetrazole rings is 1. The predicted molar refractivity (Wildman–Crippen MR) is 120 cm³/mol. The minimum Gasteiger partial charge on any atom is -0.390 e. The van der Waals surface area contributed by atoms with E-state index >= 15 is 0 Å². The van der Waals surface area contributed by atoms with Gasteiger partial charge in [0, 0.05) is 12.1 Å². The lowest BCUT2D eigenvalue weighted by Gasteiger charge is -2.12. The normalized spacial score (nSPS) is 11.4. The summed E-state index contributed by atoms with van der Waals surface area (Å²) in [6.07, 6.45) is 2.86. The average Bonchev–Trinajstić information content (AvgIpc) is 3.46. The summed E-state index contributed by atoms with van der Waals surface area (Å²) in [6.45, 7) is 2.49. The molecule has 4 rings (SSSR count). The molecule has 31 heavy (non-hydrogen) atoms. The van der Waals surface area contributed by atoms with Crippen molar-refractivity contribution in [3.05, 3.63) is 62.7 Å². The first kappa shape index (κ1) is 21.8. The summed E-state index contributed by atoms with van der Waals surface area (Å²) in [6, 6.07) is 9.50. The van der Waals surface area contributed by atoms with Crippen molar-refractivity contribution in [2.24, 2.45) is 0 Å². The van der Waals surface area contributed by atoms with E-state index in [0.29, 0.717) is 39.1 Å². The Balaban J connectivity index is 1.65. The van der Waals surface area contributed by atoms with Crippen LogP contribution in [-0.2, 0) is 19.6 Å². The third kappa shape index (κ3) is 4.34. The van der Waals surface area contributed by atoms with Gasteiger partial charge in [0.15, 0.2) is 5.82 Å². The van der Waals surface area contributed by atoms with E-state index < -0.39 is 0 Å². The van der Waals surface area contributed by atoms with Crippen molar-refractivity contribution in [3.8, 4) is 17.2 Å². The Kier molecular flexibility index (Phi) is 6.62. The SMILES string of the molecule is CCCCc1nc(CO)c(Cl)n1Cc1ccc(-n2c(Cl)cc(Cl)c2-c2nnn[nH]2)cc1. The predicted octanol–water partition coefficient (Wildman–Crippen LogP) is 4.70. The monoisotopic (exact) mass is 479 g/mol. The smallest absolute Gasteiger partial charge is 0.198 e. The van der Waals surface area contributed by atoms with Crippen molar-refractivity contribution in [2.45, 2.75) is 39.3 Å². The number of nitrogens with zero attached hydrogens (tertiary/aromatic N) is 6. The molecule has 0 radical (unpaired) electrons. The molecule has 1 aromatic carbocycles. The molecule has 8 nitrogen and oxygen atoms in total. The minimum atomic E-state index is -0.184. The molecule has 0 saturated heterocycles. The van der Waals surface area contributed by atoms with Crippen molar-refractivity contribution < 1.29 is 5.11 Å². The van der Waals surface area contributed by atoms with Crippen molar-refractivity contribution >= 4 is 34.8 Å². The first-order chi connectivity index (χ1) is 15.0. The third-order valence-electron chi connectivity index (χ3n) is 4.97. The second kappa shape index (κ2) is 9.40. The molecule has 0 bridgehead atoms. The Morgan fingerprint density at radius 3 is 2.55 bits per heavy atom. The molecular weight excluding hydrogens is 461 g/mol. The molecule has 0 fully saturated rings. The van der Waals surface area contributed by atoms with Gasteiger partial charge < -0.3 is 9.67 Å². The number of aliphatic hydroxyl groups excluding tert-OH is 1. The Morgan fingerprint density at radius 2 is 1.90 bits per heavy atom. The molecule has 0 atom stereocenters. The summed E-state index contributed by atoms with van der Waals surface area (Å²) in [5.41, 5.74) is 2.92.